The number of ether oxygens (including phenoxy) is 1. The first-order valence-corrected chi connectivity index (χ1v) is 5.53. The summed E-state index contributed by atoms with van der Waals surface area (Å²) in [6.07, 6.45) is 2.60. The van der Waals surface area contributed by atoms with Crippen LogP contribution >= 0.6 is 15.9 Å². The van der Waals surface area contributed by atoms with E-state index in [0.29, 0.717) is 5.88 Å². The van der Waals surface area contributed by atoms with Crippen LogP contribution in [0.3, 0.4) is 0 Å². The number of fused-ring (bicyclic) bond motifs is 1. The van der Waals surface area contributed by atoms with Crippen LogP contribution < -0.4 is 4.74 Å². The van der Waals surface area contributed by atoms with Gasteiger partial charge in [-0.3, -0.25) is 0 Å². The molecule has 0 amide bonds. The number of methoxy groups -OCH3 is 1. The van der Waals surface area contributed by atoms with Gasteiger partial charge in [0.15, 0.2) is 0 Å². The molecule has 3 nitrogen and oxygen atoms in total. The summed E-state index contributed by atoms with van der Waals surface area (Å²) in [6.45, 7) is 2.11. The molecule has 0 aliphatic rings. The lowest BCUT2D eigenvalue weighted by Gasteiger charge is -2.04. The van der Waals surface area contributed by atoms with Crippen molar-refractivity contribution in [2.24, 2.45) is 0 Å². The van der Waals surface area contributed by atoms with Crippen LogP contribution in [-0.2, 0) is 6.42 Å². The molecule has 0 aliphatic carbocycles. The van der Waals surface area contributed by atoms with E-state index in [1.807, 2.05) is 6.07 Å². The Balaban J connectivity index is 2.69. The minimum Gasteiger partial charge on any atom is -0.480 e. The molecule has 2 rings (SSSR count). The quantitative estimate of drug-likeness (QED) is 0.839. The number of halogens is 1. The number of hydrogen-bond donors (Lipinski definition) is 0. The minimum absolute atomic E-state index is 0.544. The standard InChI is InChI=1S/C11H11BrN2O/c1-3-7-4-8(12)11-9(5-7)14-10(15-2)6-13-11/h4-6H,3H2,1-2H3. The molecular formula is C11H11BrN2O. The first-order valence-electron chi connectivity index (χ1n) is 4.73. The molecule has 2 aromatic rings. The van der Waals surface area contributed by atoms with Crippen LogP contribution in [0.15, 0.2) is 22.8 Å². The second kappa shape index (κ2) is 4.14. The fourth-order valence-electron chi connectivity index (χ4n) is 1.42. The maximum absolute atomic E-state index is 5.05. The Morgan fingerprint density at radius 1 is 1.40 bits per heavy atom. The van der Waals surface area contributed by atoms with Gasteiger partial charge in [-0.2, -0.15) is 0 Å². The number of nitrogens with zero attached hydrogens (tertiary/aromatic N) is 2. The molecule has 78 valence electrons. The summed E-state index contributed by atoms with van der Waals surface area (Å²) in [5.74, 6) is 0.544. The monoisotopic (exact) mass is 266 g/mol. The summed E-state index contributed by atoms with van der Waals surface area (Å²) in [4.78, 5) is 8.64. The predicted octanol–water partition coefficient (Wildman–Crippen LogP) is 2.96. The van der Waals surface area contributed by atoms with Crippen molar-refractivity contribution in [2.75, 3.05) is 7.11 Å². The first-order chi connectivity index (χ1) is 7.24. The third kappa shape index (κ3) is 1.95. The Morgan fingerprint density at radius 2 is 2.20 bits per heavy atom. The topological polar surface area (TPSA) is 35.0 Å². The third-order valence-corrected chi connectivity index (χ3v) is 2.86. The SMILES string of the molecule is CCc1cc(Br)c2ncc(OC)nc2c1. The average Bonchev–Trinajstić information content (AvgIpc) is 2.28. The van der Waals surface area contributed by atoms with Gasteiger partial charge in [-0.05, 0) is 40.0 Å². The molecule has 0 radical (unpaired) electrons. The van der Waals surface area contributed by atoms with Crippen molar-refractivity contribution in [2.45, 2.75) is 13.3 Å². The molecule has 4 heteroatoms. The van der Waals surface area contributed by atoms with Crippen LogP contribution in [0.25, 0.3) is 11.0 Å². The van der Waals surface area contributed by atoms with Gasteiger partial charge in [0, 0.05) is 4.47 Å². The van der Waals surface area contributed by atoms with Gasteiger partial charge < -0.3 is 4.74 Å². The lowest BCUT2D eigenvalue weighted by Crippen LogP contribution is -1.92. The molecule has 0 atom stereocenters. The van der Waals surface area contributed by atoms with Crippen LogP contribution in [0, 0.1) is 0 Å². The lowest BCUT2D eigenvalue weighted by atomic mass is 10.1. The predicted molar refractivity (Wildman–Crippen MR) is 63.2 cm³/mol. The summed E-state index contributed by atoms with van der Waals surface area (Å²) in [6, 6.07) is 4.11. The molecule has 0 saturated carbocycles. The normalized spacial score (nSPS) is 10.6. The van der Waals surface area contributed by atoms with Crippen molar-refractivity contribution in [3.63, 3.8) is 0 Å². The molecule has 0 fully saturated rings. The van der Waals surface area contributed by atoms with Crippen LogP contribution in [-0.4, -0.2) is 17.1 Å². The molecule has 1 aromatic carbocycles. The molecule has 1 aromatic heterocycles. The van der Waals surface area contributed by atoms with Gasteiger partial charge in [0.1, 0.15) is 5.52 Å². The van der Waals surface area contributed by atoms with E-state index in [9.17, 15) is 0 Å². The molecule has 1 heterocycles. The highest BCUT2D eigenvalue weighted by molar-refractivity contribution is 9.10. The van der Waals surface area contributed by atoms with Gasteiger partial charge in [-0.1, -0.05) is 6.92 Å². The Labute approximate surface area is 96.6 Å². The van der Waals surface area contributed by atoms with Gasteiger partial charge >= 0.3 is 0 Å². The highest BCUT2D eigenvalue weighted by Gasteiger charge is 2.05. The number of rotatable bonds is 2. The summed E-state index contributed by atoms with van der Waals surface area (Å²) in [5, 5.41) is 0. The van der Waals surface area contributed by atoms with E-state index < -0.39 is 0 Å². The molecule has 0 N–H and O–H groups in total. The van der Waals surface area contributed by atoms with Crippen molar-refractivity contribution < 1.29 is 4.74 Å². The van der Waals surface area contributed by atoms with Crippen molar-refractivity contribution in [3.05, 3.63) is 28.4 Å². The molecule has 0 saturated heterocycles. The fraction of sp³-hybridized carbons (Fsp3) is 0.273. The summed E-state index contributed by atoms with van der Waals surface area (Å²) in [7, 11) is 1.59. The van der Waals surface area contributed by atoms with Crippen molar-refractivity contribution in [1.29, 1.82) is 0 Å². The van der Waals surface area contributed by atoms with Crippen molar-refractivity contribution >= 4 is 27.0 Å². The molecular weight excluding hydrogens is 256 g/mol. The average molecular weight is 267 g/mol. The molecule has 15 heavy (non-hydrogen) atoms. The number of aryl methyl sites for hydroxylation is 1. The zero-order valence-corrected chi connectivity index (χ0v) is 10.2. The van der Waals surface area contributed by atoms with E-state index in [1.165, 1.54) is 5.56 Å². The van der Waals surface area contributed by atoms with Crippen molar-refractivity contribution in [1.82, 2.24) is 9.97 Å². The molecule has 0 unspecified atom stereocenters. The third-order valence-electron chi connectivity index (χ3n) is 2.26. The van der Waals surface area contributed by atoms with Gasteiger partial charge in [0.25, 0.3) is 0 Å². The fourth-order valence-corrected chi connectivity index (χ4v) is 2.02. The van der Waals surface area contributed by atoms with E-state index in [-0.39, 0.29) is 0 Å². The van der Waals surface area contributed by atoms with Gasteiger partial charge in [-0.25, -0.2) is 9.97 Å². The van der Waals surface area contributed by atoms with Gasteiger partial charge in [0.05, 0.1) is 18.8 Å². The summed E-state index contributed by atoms with van der Waals surface area (Å²) < 4.78 is 6.03. The van der Waals surface area contributed by atoms with E-state index >= 15 is 0 Å². The minimum atomic E-state index is 0.544. The molecule has 0 aliphatic heterocycles. The Kier molecular flexibility index (Phi) is 2.86. The first kappa shape index (κ1) is 10.4. The second-order valence-corrected chi connectivity index (χ2v) is 4.07. The Hall–Kier alpha value is -1.16. The van der Waals surface area contributed by atoms with E-state index in [2.05, 4.69) is 38.9 Å². The van der Waals surface area contributed by atoms with Crippen LogP contribution in [0.4, 0.5) is 0 Å². The largest absolute Gasteiger partial charge is 0.480 e. The highest BCUT2D eigenvalue weighted by atomic mass is 79.9. The summed E-state index contributed by atoms with van der Waals surface area (Å²) >= 11 is 3.49. The number of benzene rings is 1. The smallest absolute Gasteiger partial charge is 0.232 e. The maximum atomic E-state index is 5.05. The van der Waals surface area contributed by atoms with Crippen LogP contribution in [0.1, 0.15) is 12.5 Å². The van der Waals surface area contributed by atoms with E-state index in [4.69, 9.17) is 4.74 Å². The number of hydrogen-bond acceptors (Lipinski definition) is 3. The molecule has 0 spiro atoms. The van der Waals surface area contributed by atoms with E-state index in [0.717, 1.165) is 21.9 Å². The van der Waals surface area contributed by atoms with Gasteiger partial charge in [0.2, 0.25) is 5.88 Å². The molecule has 0 bridgehead atoms. The van der Waals surface area contributed by atoms with Gasteiger partial charge in [-0.15, -0.1) is 0 Å². The highest BCUT2D eigenvalue weighted by Crippen LogP contribution is 2.24. The Bertz CT molecular complexity index is 494. The van der Waals surface area contributed by atoms with E-state index in [1.54, 1.807) is 13.3 Å². The maximum Gasteiger partial charge on any atom is 0.232 e. The second-order valence-electron chi connectivity index (χ2n) is 3.21. The van der Waals surface area contributed by atoms with Crippen LogP contribution in [0.2, 0.25) is 0 Å². The van der Waals surface area contributed by atoms with Crippen molar-refractivity contribution in [3.8, 4) is 5.88 Å². The van der Waals surface area contributed by atoms with Crippen LogP contribution in [0.5, 0.6) is 5.88 Å². The summed E-state index contributed by atoms with van der Waals surface area (Å²) in [5.41, 5.74) is 2.96. The zero-order valence-electron chi connectivity index (χ0n) is 8.62. The lowest BCUT2D eigenvalue weighted by molar-refractivity contribution is 0.397. The zero-order chi connectivity index (χ0) is 10.8. The number of aromatic nitrogens is 2. The Morgan fingerprint density at radius 3 is 2.87 bits per heavy atom.